The van der Waals surface area contributed by atoms with E-state index in [2.05, 4.69) is 30.5 Å². The monoisotopic (exact) mass is 226 g/mol. The Morgan fingerprint density at radius 1 is 1.53 bits per heavy atom. The fraction of sp³-hybridized carbons (Fsp3) is 0.500. The van der Waals surface area contributed by atoms with Gasteiger partial charge in [-0.2, -0.15) is 0 Å². The summed E-state index contributed by atoms with van der Waals surface area (Å²) < 4.78 is 0. The maximum atomic E-state index is 6.11. The van der Waals surface area contributed by atoms with Gasteiger partial charge in [0.15, 0.2) is 0 Å². The van der Waals surface area contributed by atoms with Crippen molar-refractivity contribution in [2.24, 2.45) is 11.7 Å². The molecule has 0 aromatic rings. The lowest BCUT2D eigenvalue weighted by Gasteiger charge is -2.10. The predicted octanol–water partition coefficient (Wildman–Crippen LogP) is 2.18. The summed E-state index contributed by atoms with van der Waals surface area (Å²) in [6, 6.07) is 0. The predicted molar refractivity (Wildman–Crippen MR) is 66.9 cm³/mol. The lowest BCUT2D eigenvalue weighted by atomic mass is 10.0. The largest absolute Gasteiger partial charge is 0.329 e. The Morgan fingerprint density at radius 2 is 2.33 bits per heavy atom. The summed E-state index contributed by atoms with van der Waals surface area (Å²) in [5.74, 6) is 0.428. The van der Waals surface area contributed by atoms with E-state index in [1.165, 1.54) is 5.57 Å². The minimum atomic E-state index is 0.428. The Hall–Kier alpha value is -0.570. The van der Waals surface area contributed by atoms with Crippen LogP contribution in [0.1, 0.15) is 13.3 Å². The number of nitrogens with two attached hydrogens (primary N) is 1. The van der Waals surface area contributed by atoms with Crippen LogP contribution in [0.15, 0.2) is 34.9 Å². The molecule has 0 aliphatic heterocycles. The molecule has 0 spiro atoms. The topological polar surface area (TPSA) is 38.0 Å². The molecule has 1 rings (SSSR count). The van der Waals surface area contributed by atoms with Crippen molar-refractivity contribution in [3.05, 3.63) is 34.9 Å². The number of allylic oxidation sites excluding steroid dienone is 4. The average Bonchev–Trinajstić information content (AvgIpc) is 2.22. The third kappa shape index (κ3) is 4.65. The van der Waals surface area contributed by atoms with Gasteiger partial charge in [-0.05, 0) is 24.0 Å². The quantitative estimate of drug-likeness (QED) is 0.722. The highest BCUT2D eigenvalue weighted by Gasteiger charge is 2.05. The molecule has 0 fully saturated rings. The van der Waals surface area contributed by atoms with E-state index in [-0.39, 0.29) is 0 Å². The van der Waals surface area contributed by atoms with Gasteiger partial charge in [-0.25, -0.2) is 0 Å². The maximum absolute atomic E-state index is 6.11. The molecule has 0 amide bonds. The van der Waals surface area contributed by atoms with Gasteiger partial charge < -0.3 is 11.1 Å². The molecule has 0 saturated heterocycles. The molecule has 0 bridgehead atoms. The second kappa shape index (κ2) is 6.83. The molecule has 1 aliphatic carbocycles. The Bertz CT molecular complexity index is 279. The van der Waals surface area contributed by atoms with Crippen molar-refractivity contribution >= 4 is 11.6 Å². The fourth-order valence-electron chi connectivity index (χ4n) is 1.40. The zero-order valence-electron chi connectivity index (χ0n) is 9.17. The number of hydrogen-bond acceptors (Lipinski definition) is 2. The van der Waals surface area contributed by atoms with E-state index in [0.29, 0.717) is 12.5 Å². The lowest BCUT2D eigenvalue weighted by Crippen LogP contribution is -2.24. The van der Waals surface area contributed by atoms with Crippen LogP contribution in [-0.2, 0) is 0 Å². The molecule has 1 unspecified atom stereocenters. The van der Waals surface area contributed by atoms with Crippen molar-refractivity contribution in [2.75, 3.05) is 19.6 Å². The van der Waals surface area contributed by atoms with Gasteiger partial charge in [0.1, 0.15) is 0 Å². The highest BCUT2D eigenvalue weighted by molar-refractivity contribution is 6.29. The van der Waals surface area contributed by atoms with Crippen LogP contribution in [0.2, 0.25) is 0 Å². The Labute approximate surface area is 96.9 Å². The van der Waals surface area contributed by atoms with Gasteiger partial charge in [0.2, 0.25) is 0 Å². The zero-order valence-corrected chi connectivity index (χ0v) is 9.93. The smallest absolute Gasteiger partial charge is 0.0212 e. The van der Waals surface area contributed by atoms with Gasteiger partial charge in [-0.3, -0.25) is 0 Å². The van der Waals surface area contributed by atoms with Crippen LogP contribution in [0.5, 0.6) is 0 Å². The van der Waals surface area contributed by atoms with Crippen LogP contribution >= 0.6 is 11.6 Å². The molecule has 15 heavy (non-hydrogen) atoms. The molecule has 2 nitrogen and oxygen atoms in total. The number of hydrogen-bond donors (Lipinski definition) is 2. The van der Waals surface area contributed by atoms with E-state index in [9.17, 15) is 0 Å². The third-order valence-corrected chi connectivity index (χ3v) is 2.90. The van der Waals surface area contributed by atoms with Gasteiger partial charge in [-0.1, -0.05) is 36.8 Å². The summed E-state index contributed by atoms with van der Waals surface area (Å²) in [5, 5.41) is 4.19. The number of halogens is 1. The summed E-state index contributed by atoms with van der Waals surface area (Å²) in [6.45, 7) is 4.50. The summed E-state index contributed by atoms with van der Waals surface area (Å²) in [6.07, 6.45) is 9.40. The second-order valence-electron chi connectivity index (χ2n) is 3.80. The first-order valence-electron chi connectivity index (χ1n) is 5.37. The molecule has 0 aromatic heterocycles. The first-order valence-corrected chi connectivity index (χ1v) is 5.75. The molecule has 3 heteroatoms. The van der Waals surface area contributed by atoms with Crippen molar-refractivity contribution in [3.8, 4) is 0 Å². The first kappa shape index (κ1) is 12.5. The van der Waals surface area contributed by atoms with Crippen molar-refractivity contribution in [2.45, 2.75) is 13.3 Å². The molecule has 84 valence electrons. The van der Waals surface area contributed by atoms with Crippen molar-refractivity contribution in [1.82, 2.24) is 5.32 Å². The Kier molecular flexibility index (Phi) is 5.69. The molecule has 0 heterocycles. The standard InChI is InChI=1S/C12H19ClN2/c1-10-3-2-4-11(5-6-12(10)13)9-15-8-7-14/h2,4-6,10,15H,3,7-9,14H2,1H3/b4-2+,11-5+,12-6+. The first-order chi connectivity index (χ1) is 7.24. The van der Waals surface area contributed by atoms with Crippen molar-refractivity contribution in [3.63, 3.8) is 0 Å². The molecular formula is C12H19ClN2. The van der Waals surface area contributed by atoms with Gasteiger partial charge in [0.25, 0.3) is 0 Å². The van der Waals surface area contributed by atoms with E-state index < -0.39 is 0 Å². The van der Waals surface area contributed by atoms with Gasteiger partial charge in [-0.15, -0.1) is 0 Å². The summed E-state index contributed by atoms with van der Waals surface area (Å²) in [4.78, 5) is 0. The van der Waals surface area contributed by atoms with E-state index in [0.717, 1.165) is 24.5 Å². The SMILES string of the molecule is CC1C/C=C/C(CNCCN)=C\C=C/1Cl. The van der Waals surface area contributed by atoms with Crippen LogP contribution < -0.4 is 11.1 Å². The highest BCUT2D eigenvalue weighted by Crippen LogP contribution is 2.21. The molecule has 0 aromatic carbocycles. The molecule has 1 aliphatic rings. The van der Waals surface area contributed by atoms with Crippen molar-refractivity contribution in [1.29, 1.82) is 0 Å². The Morgan fingerprint density at radius 3 is 3.07 bits per heavy atom. The third-order valence-electron chi connectivity index (χ3n) is 2.40. The van der Waals surface area contributed by atoms with Gasteiger partial charge >= 0.3 is 0 Å². The summed E-state index contributed by atoms with van der Waals surface area (Å²) in [5.41, 5.74) is 6.65. The number of rotatable bonds is 4. The molecule has 0 radical (unpaired) electrons. The van der Waals surface area contributed by atoms with Gasteiger partial charge in [0.05, 0.1) is 0 Å². The number of nitrogens with one attached hydrogen (secondary N) is 1. The second-order valence-corrected chi connectivity index (χ2v) is 4.23. The van der Waals surface area contributed by atoms with E-state index >= 15 is 0 Å². The van der Waals surface area contributed by atoms with Crippen molar-refractivity contribution < 1.29 is 0 Å². The highest BCUT2D eigenvalue weighted by atomic mass is 35.5. The van der Waals surface area contributed by atoms with Crippen LogP contribution in [0.3, 0.4) is 0 Å². The zero-order chi connectivity index (χ0) is 11.1. The van der Waals surface area contributed by atoms with E-state index in [1.807, 2.05) is 6.08 Å². The Balaban J connectivity index is 2.56. The lowest BCUT2D eigenvalue weighted by molar-refractivity contribution is 0.721. The normalized spacial score (nSPS) is 30.7. The average molecular weight is 227 g/mol. The minimum absolute atomic E-state index is 0.428. The maximum Gasteiger partial charge on any atom is 0.0212 e. The summed E-state index contributed by atoms with van der Waals surface area (Å²) in [7, 11) is 0. The summed E-state index contributed by atoms with van der Waals surface area (Å²) >= 11 is 6.11. The van der Waals surface area contributed by atoms with Crippen LogP contribution in [-0.4, -0.2) is 19.6 Å². The molecule has 1 atom stereocenters. The van der Waals surface area contributed by atoms with Crippen LogP contribution in [0.4, 0.5) is 0 Å². The fourth-order valence-corrected chi connectivity index (χ4v) is 1.55. The van der Waals surface area contributed by atoms with Crippen LogP contribution in [0, 0.1) is 5.92 Å². The van der Waals surface area contributed by atoms with Gasteiger partial charge in [0, 0.05) is 24.7 Å². The van der Waals surface area contributed by atoms with E-state index in [1.54, 1.807) is 0 Å². The molecule has 0 saturated carbocycles. The molecule has 3 N–H and O–H groups in total. The van der Waals surface area contributed by atoms with Crippen LogP contribution in [0.25, 0.3) is 0 Å². The minimum Gasteiger partial charge on any atom is -0.329 e. The molecular weight excluding hydrogens is 208 g/mol. The van der Waals surface area contributed by atoms with E-state index in [4.69, 9.17) is 17.3 Å².